The summed E-state index contributed by atoms with van der Waals surface area (Å²) in [5, 5.41) is 7.44. The van der Waals surface area contributed by atoms with Gasteiger partial charge in [0.15, 0.2) is 11.6 Å². The first-order valence-corrected chi connectivity index (χ1v) is 6.53. The lowest BCUT2D eigenvalue weighted by Gasteiger charge is -2.19. The number of nitrogens with one attached hydrogen (secondary N) is 1. The summed E-state index contributed by atoms with van der Waals surface area (Å²) < 4.78 is 10.9. The van der Waals surface area contributed by atoms with Gasteiger partial charge in [0, 0.05) is 6.42 Å². The van der Waals surface area contributed by atoms with Crippen molar-refractivity contribution in [1.82, 2.24) is 15.5 Å². The first-order chi connectivity index (χ1) is 8.86. The summed E-state index contributed by atoms with van der Waals surface area (Å²) in [5.74, 6) is 2.79. The van der Waals surface area contributed by atoms with Crippen LogP contribution in [0.2, 0.25) is 0 Å². The number of hydrogen-bond donors (Lipinski definition) is 1. The van der Waals surface area contributed by atoms with Crippen LogP contribution in [-0.4, -0.2) is 16.7 Å². The van der Waals surface area contributed by atoms with Crippen molar-refractivity contribution >= 4 is 0 Å². The Hall–Kier alpha value is -1.62. The van der Waals surface area contributed by atoms with E-state index in [1.165, 1.54) is 12.8 Å². The summed E-state index contributed by atoms with van der Waals surface area (Å²) in [6, 6.07) is 4.04. The lowest BCUT2D eigenvalue weighted by molar-refractivity contribution is 0.363. The van der Waals surface area contributed by atoms with Crippen LogP contribution in [0.15, 0.2) is 21.1 Å². The molecule has 5 nitrogen and oxygen atoms in total. The van der Waals surface area contributed by atoms with Crippen LogP contribution in [-0.2, 0) is 6.42 Å². The third-order valence-electron chi connectivity index (χ3n) is 3.28. The Kier molecular flexibility index (Phi) is 3.15. The van der Waals surface area contributed by atoms with Gasteiger partial charge < -0.3 is 14.3 Å². The van der Waals surface area contributed by atoms with E-state index in [4.69, 9.17) is 8.94 Å². The van der Waals surface area contributed by atoms with Gasteiger partial charge in [-0.1, -0.05) is 18.5 Å². The standard InChI is InChI=1S/C13H17N3O2/c1-2-9-6-7-11(17-9)13-15-12(16-18-13)10-5-3-4-8-14-10/h6-7,10,14H,2-5,8H2,1H3. The molecule has 1 aliphatic rings. The fraction of sp³-hybridized carbons (Fsp3) is 0.538. The summed E-state index contributed by atoms with van der Waals surface area (Å²) in [7, 11) is 0. The molecule has 0 bridgehead atoms. The molecular weight excluding hydrogens is 230 g/mol. The molecule has 1 unspecified atom stereocenters. The summed E-state index contributed by atoms with van der Waals surface area (Å²) in [4.78, 5) is 4.42. The van der Waals surface area contributed by atoms with E-state index in [1.807, 2.05) is 19.1 Å². The highest BCUT2D eigenvalue weighted by Gasteiger charge is 2.21. The molecule has 0 aromatic carbocycles. The van der Waals surface area contributed by atoms with Crippen molar-refractivity contribution in [1.29, 1.82) is 0 Å². The summed E-state index contributed by atoms with van der Waals surface area (Å²) in [5.41, 5.74) is 0. The third kappa shape index (κ3) is 2.18. The van der Waals surface area contributed by atoms with Gasteiger partial charge >= 0.3 is 0 Å². The summed E-state index contributed by atoms with van der Waals surface area (Å²) in [6.07, 6.45) is 4.37. The molecule has 0 aliphatic carbocycles. The van der Waals surface area contributed by atoms with Crippen molar-refractivity contribution in [2.24, 2.45) is 0 Å². The predicted molar refractivity (Wildman–Crippen MR) is 66.0 cm³/mol. The second-order valence-electron chi connectivity index (χ2n) is 4.58. The minimum absolute atomic E-state index is 0.219. The average molecular weight is 247 g/mol. The van der Waals surface area contributed by atoms with Gasteiger partial charge in [-0.15, -0.1) is 0 Å². The molecule has 3 rings (SSSR count). The molecule has 1 aliphatic heterocycles. The molecule has 2 aromatic rings. The number of hydrogen-bond acceptors (Lipinski definition) is 5. The molecule has 0 saturated carbocycles. The van der Waals surface area contributed by atoms with Gasteiger partial charge in [0.1, 0.15) is 5.76 Å². The van der Waals surface area contributed by atoms with Gasteiger partial charge in [0.25, 0.3) is 5.89 Å². The fourth-order valence-corrected chi connectivity index (χ4v) is 2.23. The zero-order valence-electron chi connectivity index (χ0n) is 10.5. The lowest BCUT2D eigenvalue weighted by Crippen LogP contribution is -2.27. The number of furan rings is 1. The van der Waals surface area contributed by atoms with Crippen LogP contribution in [0.5, 0.6) is 0 Å². The summed E-state index contributed by atoms with van der Waals surface area (Å²) >= 11 is 0. The smallest absolute Gasteiger partial charge is 0.293 e. The molecule has 0 amide bonds. The SMILES string of the molecule is CCc1ccc(-c2nc(C3CCCCN3)no2)o1. The molecule has 18 heavy (non-hydrogen) atoms. The average Bonchev–Trinajstić information content (AvgIpc) is 3.08. The van der Waals surface area contributed by atoms with Gasteiger partial charge in [-0.05, 0) is 31.5 Å². The van der Waals surface area contributed by atoms with Gasteiger partial charge in [-0.2, -0.15) is 4.98 Å². The molecule has 1 N–H and O–H groups in total. The molecule has 2 aromatic heterocycles. The van der Waals surface area contributed by atoms with E-state index in [9.17, 15) is 0 Å². The Labute approximate surface area is 106 Å². The van der Waals surface area contributed by atoms with Crippen LogP contribution < -0.4 is 5.32 Å². The Bertz CT molecular complexity index is 512. The van der Waals surface area contributed by atoms with Crippen molar-refractivity contribution in [3.05, 3.63) is 23.7 Å². The number of piperidine rings is 1. The van der Waals surface area contributed by atoms with E-state index < -0.39 is 0 Å². The molecule has 96 valence electrons. The number of rotatable bonds is 3. The summed E-state index contributed by atoms with van der Waals surface area (Å²) in [6.45, 7) is 3.07. The Morgan fingerprint density at radius 2 is 2.33 bits per heavy atom. The second kappa shape index (κ2) is 4.94. The van der Waals surface area contributed by atoms with Crippen molar-refractivity contribution in [2.75, 3.05) is 6.54 Å². The first-order valence-electron chi connectivity index (χ1n) is 6.53. The Balaban J connectivity index is 1.79. The van der Waals surface area contributed by atoms with Crippen LogP contribution >= 0.6 is 0 Å². The predicted octanol–water partition coefficient (Wildman–Crippen LogP) is 2.71. The minimum Gasteiger partial charge on any atom is -0.456 e. The highest BCUT2D eigenvalue weighted by Crippen LogP contribution is 2.25. The molecule has 1 atom stereocenters. The molecule has 0 radical (unpaired) electrons. The largest absolute Gasteiger partial charge is 0.456 e. The Morgan fingerprint density at radius 3 is 3.06 bits per heavy atom. The molecule has 1 fully saturated rings. The van der Waals surface area contributed by atoms with E-state index in [0.29, 0.717) is 11.7 Å². The van der Waals surface area contributed by atoms with Gasteiger partial charge in [0.05, 0.1) is 6.04 Å². The number of aryl methyl sites for hydroxylation is 1. The van der Waals surface area contributed by atoms with E-state index in [-0.39, 0.29) is 6.04 Å². The lowest BCUT2D eigenvalue weighted by atomic mass is 10.0. The third-order valence-corrected chi connectivity index (χ3v) is 3.28. The van der Waals surface area contributed by atoms with E-state index >= 15 is 0 Å². The van der Waals surface area contributed by atoms with Gasteiger partial charge in [0.2, 0.25) is 0 Å². The number of aromatic nitrogens is 2. The zero-order valence-corrected chi connectivity index (χ0v) is 10.5. The van der Waals surface area contributed by atoms with Crippen molar-refractivity contribution in [3.8, 4) is 11.7 Å². The highest BCUT2D eigenvalue weighted by atomic mass is 16.5. The highest BCUT2D eigenvalue weighted by molar-refractivity contribution is 5.44. The zero-order chi connectivity index (χ0) is 12.4. The molecule has 1 saturated heterocycles. The monoisotopic (exact) mass is 247 g/mol. The van der Waals surface area contributed by atoms with Crippen LogP contribution in [0.1, 0.15) is 43.8 Å². The van der Waals surface area contributed by atoms with Crippen LogP contribution in [0, 0.1) is 0 Å². The molecule has 3 heterocycles. The molecule has 5 heteroatoms. The van der Waals surface area contributed by atoms with E-state index in [0.717, 1.165) is 31.0 Å². The number of nitrogens with zero attached hydrogens (tertiary/aromatic N) is 2. The van der Waals surface area contributed by atoms with Crippen LogP contribution in [0.4, 0.5) is 0 Å². The fourth-order valence-electron chi connectivity index (χ4n) is 2.23. The maximum absolute atomic E-state index is 5.60. The van der Waals surface area contributed by atoms with E-state index in [2.05, 4.69) is 15.5 Å². The van der Waals surface area contributed by atoms with E-state index in [1.54, 1.807) is 0 Å². The van der Waals surface area contributed by atoms with Crippen LogP contribution in [0.3, 0.4) is 0 Å². The van der Waals surface area contributed by atoms with Crippen molar-refractivity contribution < 1.29 is 8.94 Å². The van der Waals surface area contributed by atoms with Gasteiger partial charge in [-0.25, -0.2) is 0 Å². The normalized spacial score (nSPS) is 20.2. The quantitative estimate of drug-likeness (QED) is 0.903. The maximum Gasteiger partial charge on any atom is 0.293 e. The molecular formula is C13H17N3O2. The molecule has 0 spiro atoms. The van der Waals surface area contributed by atoms with Crippen LogP contribution in [0.25, 0.3) is 11.7 Å². The second-order valence-corrected chi connectivity index (χ2v) is 4.58. The maximum atomic E-state index is 5.60. The topological polar surface area (TPSA) is 64.1 Å². The van der Waals surface area contributed by atoms with Crippen molar-refractivity contribution in [2.45, 2.75) is 38.6 Å². The first kappa shape index (κ1) is 11.5. The van der Waals surface area contributed by atoms with Crippen molar-refractivity contribution in [3.63, 3.8) is 0 Å². The Morgan fingerprint density at radius 1 is 1.39 bits per heavy atom. The minimum atomic E-state index is 0.219. The van der Waals surface area contributed by atoms with Gasteiger partial charge in [-0.3, -0.25) is 0 Å².